The summed E-state index contributed by atoms with van der Waals surface area (Å²) in [6, 6.07) is 17.5. The topological polar surface area (TPSA) is 117 Å². The standard InChI is InChI=1S/C34H37FN6O4/c1-22-8-12-26(41(22)31-6-3-7-33(38-31)45-21-25-10-9-23(17-36)15-28(25)35)18-39(2)20-32-37-29-13-11-24(34(42)43)16-30(29)40(32)19-27-5-4-14-44-27/h3,6-7,9-11,13,15-16,22,26-27H,4-5,8,12,14,18-21H2,1-2H3,(H,42,43). The van der Waals surface area contributed by atoms with Crippen molar-refractivity contribution in [2.45, 2.75) is 70.5 Å². The van der Waals surface area contributed by atoms with Crippen LogP contribution >= 0.6 is 0 Å². The van der Waals surface area contributed by atoms with Gasteiger partial charge in [-0.2, -0.15) is 10.2 Å². The van der Waals surface area contributed by atoms with Gasteiger partial charge < -0.3 is 24.0 Å². The molecule has 0 bridgehead atoms. The van der Waals surface area contributed by atoms with Crippen molar-refractivity contribution in [3.05, 3.63) is 82.9 Å². The van der Waals surface area contributed by atoms with E-state index in [9.17, 15) is 14.3 Å². The number of nitriles is 1. The molecule has 4 heterocycles. The zero-order valence-corrected chi connectivity index (χ0v) is 25.5. The zero-order valence-electron chi connectivity index (χ0n) is 25.5. The molecule has 4 aromatic rings. The maximum Gasteiger partial charge on any atom is 0.335 e. The van der Waals surface area contributed by atoms with Gasteiger partial charge in [0, 0.05) is 36.9 Å². The number of ether oxygens (including phenoxy) is 2. The molecule has 2 aromatic carbocycles. The van der Waals surface area contributed by atoms with E-state index in [0.29, 0.717) is 24.5 Å². The predicted molar refractivity (Wildman–Crippen MR) is 167 cm³/mol. The fourth-order valence-electron chi connectivity index (χ4n) is 6.47. The van der Waals surface area contributed by atoms with E-state index in [2.05, 4.69) is 28.3 Å². The molecule has 3 atom stereocenters. The second kappa shape index (κ2) is 13.2. The normalized spacial score (nSPS) is 19.8. The molecular formula is C34H37FN6O4. The van der Waals surface area contributed by atoms with Gasteiger partial charge in [-0.15, -0.1) is 0 Å². The summed E-state index contributed by atoms with van der Waals surface area (Å²) in [6.07, 6.45) is 4.11. The Morgan fingerprint density at radius 1 is 1.18 bits per heavy atom. The van der Waals surface area contributed by atoms with Crippen LogP contribution < -0.4 is 9.64 Å². The van der Waals surface area contributed by atoms with Crippen LogP contribution in [0.5, 0.6) is 5.88 Å². The molecule has 2 aromatic heterocycles. The summed E-state index contributed by atoms with van der Waals surface area (Å²) in [5, 5.41) is 18.6. The average molecular weight is 613 g/mol. The van der Waals surface area contributed by atoms with Crippen LogP contribution in [-0.4, -0.2) is 68.9 Å². The van der Waals surface area contributed by atoms with Gasteiger partial charge in [0.2, 0.25) is 5.88 Å². The second-order valence-corrected chi connectivity index (χ2v) is 12.0. The van der Waals surface area contributed by atoms with E-state index >= 15 is 0 Å². The van der Waals surface area contributed by atoms with Gasteiger partial charge >= 0.3 is 5.97 Å². The molecule has 2 aliphatic heterocycles. The minimum Gasteiger partial charge on any atom is -0.478 e. The molecule has 1 N–H and O–H groups in total. The summed E-state index contributed by atoms with van der Waals surface area (Å²) in [7, 11) is 2.08. The van der Waals surface area contributed by atoms with Gasteiger partial charge in [-0.25, -0.2) is 14.2 Å². The molecule has 11 heteroatoms. The molecule has 3 unspecified atom stereocenters. The molecule has 0 radical (unpaired) electrons. The number of anilines is 1. The summed E-state index contributed by atoms with van der Waals surface area (Å²) in [6.45, 7) is 4.96. The lowest BCUT2D eigenvalue weighted by Crippen LogP contribution is -2.42. The average Bonchev–Trinajstić information content (AvgIpc) is 3.76. The van der Waals surface area contributed by atoms with Crippen LogP contribution in [0.3, 0.4) is 0 Å². The third kappa shape index (κ3) is 6.77. The highest BCUT2D eigenvalue weighted by molar-refractivity contribution is 5.92. The quantitative estimate of drug-likeness (QED) is 0.238. The summed E-state index contributed by atoms with van der Waals surface area (Å²) in [5.41, 5.74) is 2.46. The minimum atomic E-state index is -0.958. The van der Waals surface area contributed by atoms with Crippen LogP contribution in [0.25, 0.3) is 11.0 Å². The number of nitrogens with zero attached hydrogens (tertiary/aromatic N) is 6. The highest BCUT2D eigenvalue weighted by Crippen LogP contribution is 2.31. The Morgan fingerprint density at radius 3 is 2.80 bits per heavy atom. The largest absolute Gasteiger partial charge is 0.478 e. The molecule has 2 fully saturated rings. The molecule has 45 heavy (non-hydrogen) atoms. The molecule has 0 amide bonds. The van der Waals surface area contributed by atoms with Crippen LogP contribution in [0.15, 0.2) is 54.6 Å². The lowest BCUT2D eigenvalue weighted by molar-refractivity contribution is 0.0697. The van der Waals surface area contributed by atoms with Crippen molar-refractivity contribution in [3.8, 4) is 11.9 Å². The SMILES string of the molecule is CC1CCC(CN(C)Cc2nc3ccc(C(=O)O)cc3n2CC2CCCO2)N1c1cccc(OCc2ccc(C#N)cc2F)n1. The smallest absolute Gasteiger partial charge is 0.335 e. The Balaban J connectivity index is 1.17. The van der Waals surface area contributed by atoms with Crippen LogP contribution in [0.2, 0.25) is 0 Å². The fourth-order valence-corrected chi connectivity index (χ4v) is 6.47. The van der Waals surface area contributed by atoms with Gasteiger partial charge in [0.25, 0.3) is 0 Å². The van der Waals surface area contributed by atoms with E-state index in [0.717, 1.165) is 61.5 Å². The zero-order chi connectivity index (χ0) is 31.5. The third-order valence-electron chi connectivity index (χ3n) is 8.74. The lowest BCUT2D eigenvalue weighted by Gasteiger charge is -2.32. The Kier molecular flexibility index (Phi) is 8.96. The number of rotatable bonds is 11. The Bertz CT molecular complexity index is 1730. The number of hydrogen-bond acceptors (Lipinski definition) is 8. The number of carboxylic acid groups (broad SMARTS) is 1. The van der Waals surface area contributed by atoms with Gasteiger partial charge in [0.15, 0.2) is 0 Å². The number of carbonyl (C=O) groups is 1. The monoisotopic (exact) mass is 612 g/mol. The maximum atomic E-state index is 14.4. The van der Waals surface area contributed by atoms with E-state index in [4.69, 9.17) is 24.7 Å². The number of carboxylic acids is 1. The minimum absolute atomic E-state index is 0.0105. The molecule has 10 nitrogen and oxygen atoms in total. The second-order valence-electron chi connectivity index (χ2n) is 12.0. The van der Waals surface area contributed by atoms with Crippen molar-refractivity contribution in [2.75, 3.05) is 25.1 Å². The van der Waals surface area contributed by atoms with E-state index in [1.165, 1.54) is 6.07 Å². The first-order valence-electron chi connectivity index (χ1n) is 15.4. The number of benzene rings is 2. The van der Waals surface area contributed by atoms with Crippen LogP contribution in [0.1, 0.15) is 59.9 Å². The number of halogens is 1. The van der Waals surface area contributed by atoms with Crippen LogP contribution in [0.4, 0.5) is 10.2 Å². The summed E-state index contributed by atoms with van der Waals surface area (Å²) in [5.74, 6) is 0.661. The van der Waals surface area contributed by atoms with Crippen molar-refractivity contribution in [1.82, 2.24) is 19.4 Å². The first-order valence-corrected chi connectivity index (χ1v) is 15.4. The molecule has 0 aliphatic carbocycles. The number of fused-ring (bicyclic) bond motifs is 1. The van der Waals surface area contributed by atoms with Gasteiger partial charge in [-0.3, -0.25) is 4.90 Å². The van der Waals surface area contributed by atoms with Crippen LogP contribution in [0, 0.1) is 17.1 Å². The molecule has 0 spiro atoms. The Labute approximate surface area is 261 Å². The summed E-state index contributed by atoms with van der Waals surface area (Å²) < 4.78 is 28.3. The van der Waals surface area contributed by atoms with Crippen molar-refractivity contribution in [3.63, 3.8) is 0 Å². The van der Waals surface area contributed by atoms with Gasteiger partial charge in [0.05, 0.1) is 47.4 Å². The van der Waals surface area contributed by atoms with E-state index in [1.54, 1.807) is 36.4 Å². The van der Waals surface area contributed by atoms with Gasteiger partial charge in [-0.05, 0) is 76.1 Å². The lowest BCUT2D eigenvalue weighted by atomic mass is 10.1. The first kappa shape index (κ1) is 30.5. The van der Waals surface area contributed by atoms with Gasteiger partial charge in [-0.1, -0.05) is 12.1 Å². The number of hydrogen-bond donors (Lipinski definition) is 1. The molecular weight excluding hydrogens is 575 g/mol. The third-order valence-corrected chi connectivity index (χ3v) is 8.74. The summed E-state index contributed by atoms with van der Waals surface area (Å²) in [4.78, 5) is 26.0. The number of pyridine rings is 1. The Morgan fingerprint density at radius 2 is 2.04 bits per heavy atom. The molecule has 2 aliphatic rings. The predicted octanol–water partition coefficient (Wildman–Crippen LogP) is 5.39. The number of aromatic nitrogens is 3. The van der Waals surface area contributed by atoms with E-state index in [-0.39, 0.29) is 35.9 Å². The highest BCUT2D eigenvalue weighted by Gasteiger charge is 2.33. The van der Waals surface area contributed by atoms with Gasteiger partial charge in [0.1, 0.15) is 24.1 Å². The molecule has 0 saturated carbocycles. The molecule has 234 valence electrons. The number of likely N-dealkylation sites (N-methyl/N-ethyl adjacent to an activating group) is 1. The van der Waals surface area contributed by atoms with Crippen molar-refractivity contribution in [2.24, 2.45) is 0 Å². The Hall–Kier alpha value is -4.53. The fraction of sp³-hybridized carbons (Fsp3) is 0.412. The number of aromatic carboxylic acids is 1. The van der Waals surface area contributed by atoms with Crippen molar-refractivity contribution in [1.29, 1.82) is 5.26 Å². The van der Waals surface area contributed by atoms with E-state index < -0.39 is 11.8 Å². The number of imidazole rings is 1. The first-order chi connectivity index (χ1) is 21.8. The van der Waals surface area contributed by atoms with Crippen molar-refractivity contribution < 1.29 is 23.8 Å². The van der Waals surface area contributed by atoms with E-state index in [1.807, 2.05) is 18.2 Å². The maximum absolute atomic E-state index is 14.4. The molecule has 2 saturated heterocycles. The highest BCUT2D eigenvalue weighted by atomic mass is 19.1. The summed E-state index contributed by atoms with van der Waals surface area (Å²) >= 11 is 0. The van der Waals surface area contributed by atoms with Crippen molar-refractivity contribution >= 4 is 22.8 Å². The van der Waals surface area contributed by atoms with Crippen LogP contribution in [-0.2, 0) is 24.4 Å². The molecule has 6 rings (SSSR count).